The minimum atomic E-state index is -0.837. The minimum Gasteiger partial charge on any atom is -0.465 e. The zero-order chi connectivity index (χ0) is 13.8. The molecule has 1 aliphatic rings. The minimum absolute atomic E-state index is 0.152. The van der Waals surface area contributed by atoms with E-state index in [0.717, 1.165) is 37.5 Å². The van der Waals surface area contributed by atoms with E-state index in [-0.39, 0.29) is 6.04 Å². The number of carboxylic acid groups (broad SMARTS) is 1. The maximum absolute atomic E-state index is 10.9. The van der Waals surface area contributed by atoms with Crippen LogP contribution in [0.4, 0.5) is 4.79 Å². The summed E-state index contributed by atoms with van der Waals surface area (Å²) < 4.78 is 0. The second-order valence-corrected chi connectivity index (χ2v) is 5.46. The fourth-order valence-electron chi connectivity index (χ4n) is 2.47. The fourth-order valence-corrected chi connectivity index (χ4v) is 2.59. The summed E-state index contributed by atoms with van der Waals surface area (Å²) in [6.07, 6.45) is 0.961. The van der Waals surface area contributed by atoms with Crippen molar-refractivity contribution in [2.24, 2.45) is 0 Å². The van der Waals surface area contributed by atoms with Crippen molar-refractivity contribution in [1.82, 2.24) is 9.80 Å². The van der Waals surface area contributed by atoms with Crippen LogP contribution in [0.5, 0.6) is 0 Å². The normalized spacial score (nSPS) is 17.4. The molecule has 1 amide bonds. The van der Waals surface area contributed by atoms with E-state index in [1.165, 1.54) is 10.5 Å². The van der Waals surface area contributed by atoms with E-state index < -0.39 is 6.09 Å². The molecule has 1 aromatic rings. The molecule has 4 nitrogen and oxygen atoms in total. The van der Waals surface area contributed by atoms with Crippen molar-refractivity contribution in [3.05, 3.63) is 34.9 Å². The molecule has 104 valence electrons. The van der Waals surface area contributed by atoms with Crippen molar-refractivity contribution < 1.29 is 9.90 Å². The second kappa shape index (κ2) is 6.26. The Morgan fingerprint density at radius 2 is 1.95 bits per heavy atom. The van der Waals surface area contributed by atoms with Crippen LogP contribution in [0.3, 0.4) is 0 Å². The molecule has 0 radical (unpaired) electrons. The molecule has 5 heteroatoms. The number of hydrogen-bond acceptors (Lipinski definition) is 2. The largest absolute Gasteiger partial charge is 0.465 e. The Bertz CT molecular complexity index is 428. The Hall–Kier alpha value is -1.26. The molecule has 1 saturated heterocycles. The third-order valence-corrected chi connectivity index (χ3v) is 3.98. The number of hydrogen-bond donors (Lipinski definition) is 1. The fraction of sp³-hybridized carbons (Fsp3) is 0.500. The van der Waals surface area contributed by atoms with Crippen LogP contribution in [-0.2, 0) is 6.54 Å². The number of halogens is 1. The van der Waals surface area contributed by atoms with Gasteiger partial charge in [0.1, 0.15) is 0 Å². The lowest BCUT2D eigenvalue weighted by atomic mass is 10.0. The summed E-state index contributed by atoms with van der Waals surface area (Å²) >= 11 is 5.86. The van der Waals surface area contributed by atoms with E-state index in [1.807, 2.05) is 24.3 Å². The highest BCUT2D eigenvalue weighted by Crippen LogP contribution is 2.18. The highest BCUT2D eigenvalue weighted by Gasteiger charge is 2.24. The number of piperidine rings is 1. The lowest BCUT2D eigenvalue weighted by Gasteiger charge is -2.35. The molecular formula is C14H19ClN2O2. The summed E-state index contributed by atoms with van der Waals surface area (Å²) in [5, 5.41) is 9.72. The van der Waals surface area contributed by atoms with Crippen LogP contribution in [0.25, 0.3) is 0 Å². The van der Waals surface area contributed by atoms with E-state index >= 15 is 0 Å². The Balaban J connectivity index is 1.83. The summed E-state index contributed by atoms with van der Waals surface area (Å²) in [5.74, 6) is 0. The predicted octanol–water partition coefficient (Wildman–Crippen LogP) is 2.91. The summed E-state index contributed by atoms with van der Waals surface area (Å²) in [6, 6.07) is 8.04. The molecule has 19 heavy (non-hydrogen) atoms. The molecule has 1 heterocycles. The van der Waals surface area contributed by atoms with Gasteiger partial charge in [0.2, 0.25) is 0 Å². The number of nitrogens with zero attached hydrogens (tertiary/aromatic N) is 2. The molecule has 0 aliphatic carbocycles. The first-order valence-electron chi connectivity index (χ1n) is 6.49. The highest BCUT2D eigenvalue weighted by atomic mass is 35.5. The summed E-state index contributed by atoms with van der Waals surface area (Å²) in [5.41, 5.74) is 1.24. The Morgan fingerprint density at radius 3 is 2.47 bits per heavy atom. The molecule has 1 aromatic carbocycles. The van der Waals surface area contributed by atoms with E-state index in [0.29, 0.717) is 0 Å². The number of carbonyl (C=O) groups is 1. The number of benzene rings is 1. The highest BCUT2D eigenvalue weighted by molar-refractivity contribution is 6.30. The zero-order valence-electron chi connectivity index (χ0n) is 11.1. The van der Waals surface area contributed by atoms with Crippen molar-refractivity contribution >= 4 is 17.7 Å². The van der Waals surface area contributed by atoms with Gasteiger partial charge in [-0.25, -0.2) is 4.79 Å². The number of likely N-dealkylation sites (tertiary alicyclic amines) is 1. The monoisotopic (exact) mass is 282 g/mol. The molecule has 0 unspecified atom stereocenters. The Kier molecular flexibility index (Phi) is 4.66. The molecule has 0 spiro atoms. The zero-order valence-corrected chi connectivity index (χ0v) is 11.8. The van der Waals surface area contributed by atoms with Crippen molar-refractivity contribution in [3.63, 3.8) is 0 Å². The van der Waals surface area contributed by atoms with Crippen LogP contribution in [0, 0.1) is 0 Å². The van der Waals surface area contributed by atoms with Gasteiger partial charge in [0, 0.05) is 37.7 Å². The quantitative estimate of drug-likeness (QED) is 0.927. The molecule has 0 atom stereocenters. The third-order valence-electron chi connectivity index (χ3n) is 3.73. The van der Waals surface area contributed by atoms with Crippen LogP contribution in [-0.4, -0.2) is 47.2 Å². The van der Waals surface area contributed by atoms with Crippen LogP contribution in [0.1, 0.15) is 18.4 Å². The van der Waals surface area contributed by atoms with Gasteiger partial charge in [-0.15, -0.1) is 0 Å². The molecular weight excluding hydrogens is 264 g/mol. The van der Waals surface area contributed by atoms with Gasteiger partial charge < -0.3 is 10.0 Å². The first kappa shape index (κ1) is 14.2. The lowest BCUT2D eigenvalue weighted by molar-refractivity contribution is 0.103. The second-order valence-electron chi connectivity index (χ2n) is 5.03. The average Bonchev–Trinajstić information content (AvgIpc) is 2.41. The van der Waals surface area contributed by atoms with Crippen molar-refractivity contribution in [2.75, 3.05) is 20.1 Å². The van der Waals surface area contributed by atoms with Crippen LogP contribution < -0.4 is 0 Å². The van der Waals surface area contributed by atoms with Gasteiger partial charge >= 0.3 is 6.09 Å². The molecule has 0 aromatic heterocycles. The first-order valence-corrected chi connectivity index (χ1v) is 6.86. The van der Waals surface area contributed by atoms with Gasteiger partial charge in [0.15, 0.2) is 0 Å². The van der Waals surface area contributed by atoms with Gasteiger partial charge in [-0.3, -0.25) is 4.90 Å². The van der Waals surface area contributed by atoms with Gasteiger partial charge in [0.05, 0.1) is 0 Å². The van der Waals surface area contributed by atoms with Gasteiger partial charge in [-0.1, -0.05) is 23.7 Å². The van der Waals surface area contributed by atoms with Crippen molar-refractivity contribution in [1.29, 1.82) is 0 Å². The summed E-state index contributed by atoms with van der Waals surface area (Å²) in [4.78, 5) is 14.7. The molecule has 0 saturated carbocycles. The van der Waals surface area contributed by atoms with Crippen LogP contribution in [0.2, 0.25) is 5.02 Å². The van der Waals surface area contributed by atoms with Crippen LogP contribution in [0.15, 0.2) is 24.3 Å². The van der Waals surface area contributed by atoms with E-state index in [4.69, 9.17) is 16.7 Å². The van der Waals surface area contributed by atoms with Gasteiger partial charge in [0.25, 0.3) is 0 Å². The molecule has 2 rings (SSSR count). The van der Waals surface area contributed by atoms with Crippen LogP contribution >= 0.6 is 11.6 Å². The molecule has 0 bridgehead atoms. The lowest BCUT2D eigenvalue weighted by Crippen LogP contribution is -2.44. The van der Waals surface area contributed by atoms with Crippen molar-refractivity contribution in [3.8, 4) is 0 Å². The standard InChI is InChI=1S/C14H19ClN2O2/c1-16(14(18)19)13-6-8-17(9-7-13)10-11-2-4-12(15)5-3-11/h2-5,13H,6-10H2,1H3,(H,18,19). The van der Waals surface area contributed by atoms with E-state index in [1.54, 1.807) is 7.05 Å². The van der Waals surface area contributed by atoms with Crippen molar-refractivity contribution in [2.45, 2.75) is 25.4 Å². The average molecular weight is 283 g/mol. The SMILES string of the molecule is CN(C(=O)O)C1CCN(Cc2ccc(Cl)cc2)CC1. The van der Waals surface area contributed by atoms with E-state index in [9.17, 15) is 4.79 Å². The topological polar surface area (TPSA) is 43.8 Å². The van der Waals surface area contributed by atoms with Gasteiger partial charge in [-0.05, 0) is 30.5 Å². The predicted molar refractivity (Wildman–Crippen MR) is 75.5 cm³/mol. The van der Waals surface area contributed by atoms with Gasteiger partial charge in [-0.2, -0.15) is 0 Å². The molecule has 1 aliphatic heterocycles. The number of amides is 1. The molecule has 1 N–H and O–H groups in total. The Labute approximate surface area is 118 Å². The smallest absolute Gasteiger partial charge is 0.407 e. The number of rotatable bonds is 3. The van der Waals surface area contributed by atoms with E-state index in [2.05, 4.69) is 4.90 Å². The first-order chi connectivity index (χ1) is 9.06. The maximum Gasteiger partial charge on any atom is 0.407 e. The summed E-state index contributed by atoms with van der Waals surface area (Å²) in [7, 11) is 1.65. The summed E-state index contributed by atoms with van der Waals surface area (Å²) in [6.45, 7) is 2.77. The molecule has 1 fully saturated rings. The third kappa shape index (κ3) is 3.85. The Morgan fingerprint density at radius 1 is 1.37 bits per heavy atom. The maximum atomic E-state index is 10.9.